The minimum atomic E-state index is -0.241. The second-order valence-corrected chi connectivity index (χ2v) is 6.48. The molecule has 5 nitrogen and oxygen atoms in total. The van der Waals surface area contributed by atoms with E-state index < -0.39 is 0 Å². The maximum absolute atomic E-state index is 9.16. The molecule has 0 aliphatic heterocycles. The monoisotopic (exact) mass is 310 g/mol. The van der Waals surface area contributed by atoms with Crippen molar-refractivity contribution in [2.45, 2.75) is 32.4 Å². The Morgan fingerprint density at radius 2 is 2.29 bits per heavy atom. The maximum atomic E-state index is 9.16. The van der Waals surface area contributed by atoms with Gasteiger partial charge in [0.05, 0.1) is 6.61 Å². The number of methoxy groups -OCH3 is 1. The Hall–Kier alpha value is -1.21. The van der Waals surface area contributed by atoms with Gasteiger partial charge >= 0.3 is 0 Å². The van der Waals surface area contributed by atoms with Crippen LogP contribution in [0.4, 0.5) is 0 Å². The van der Waals surface area contributed by atoms with Gasteiger partial charge in [0.25, 0.3) is 0 Å². The van der Waals surface area contributed by atoms with Gasteiger partial charge in [-0.05, 0) is 32.4 Å². The summed E-state index contributed by atoms with van der Waals surface area (Å²) in [6.07, 6.45) is 2.50. The summed E-state index contributed by atoms with van der Waals surface area (Å²) in [4.78, 5) is 5.52. The Morgan fingerprint density at radius 1 is 1.48 bits per heavy atom. The lowest BCUT2D eigenvalue weighted by Crippen LogP contribution is -2.46. The molecule has 0 aliphatic carbocycles. The molecular weight excluding hydrogens is 288 g/mol. The predicted octanol–water partition coefficient (Wildman–Crippen LogP) is 2.59. The SMILES string of the molecule is COCC(C)(CCO)NCc1cnc(-c2ccc(C)o2)s1. The first-order valence-corrected chi connectivity index (χ1v) is 7.74. The molecule has 0 fully saturated rings. The van der Waals surface area contributed by atoms with Gasteiger partial charge in [-0.25, -0.2) is 4.98 Å². The third-order valence-electron chi connectivity index (χ3n) is 3.32. The molecule has 0 bridgehead atoms. The Balaban J connectivity index is 1.99. The van der Waals surface area contributed by atoms with E-state index in [1.807, 2.05) is 32.2 Å². The van der Waals surface area contributed by atoms with E-state index in [1.54, 1.807) is 18.4 Å². The average Bonchev–Trinajstić information content (AvgIpc) is 3.06. The van der Waals surface area contributed by atoms with Crippen LogP contribution in [-0.4, -0.2) is 36.0 Å². The number of rotatable bonds is 8. The number of furan rings is 1. The van der Waals surface area contributed by atoms with Gasteiger partial charge < -0.3 is 19.6 Å². The van der Waals surface area contributed by atoms with Crippen LogP contribution in [0.1, 0.15) is 24.0 Å². The number of hydrogen-bond acceptors (Lipinski definition) is 6. The number of nitrogens with zero attached hydrogens (tertiary/aromatic N) is 1. The van der Waals surface area contributed by atoms with Gasteiger partial charge in [0.2, 0.25) is 0 Å². The van der Waals surface area contributed by atoms with Crippen LogP contribution in [-0.2, 0) is 11.3 Å². The second-order valence-electron chi connectivity index (χ2n) is 5.36. The summed E-state index contributed by atoms with van der Waals surface area (Å²) in [6.45, 7) is 5.34. The van der Waals surface area contributed by atoms with Gasteiger partial charge in [-0.2, -0.15) is 0 Å². The Bertz CT molecular complexity index is 559. The normalized spacial score (nSPS) is 14.3. The van der Waals surface area contributed by atoms with E-state index in [9.17, 15) is 0 Å². The van der Waals surface area contributed by atoms with Crippen molar-refractivity contribution >= 4 is 11.3 Å². The topological polar surface area (TPSA) is 67.5 Å². The summed E-state index contributed by atoms with van der Waals surface area (Å²) >= 11 is 1.61. The van der Waals surface area contributed by atoms with Gasteiger partial charge in [-0.1, -0.05) is 0 Å². The molecule has 6 heteroatoms. The van der Waals surface area contributed by atoms with Crippen molar-refractivity contribution in [3.63, 3.8) is 0 Å². The van der Waals surface area contributed by atoms with Crippen molar-refractivity contribution in [1.29, 1.82) is 0 Å². The van der Waals surface area contributed by atoms with Gasteiger partial charge in [0.1, 0.15) is 5.76 Å². The van der Waals surface area contributed by atoms with E-state index in [0.717, 1.165) is 21.4 Å². The molecule has 116 valence electrons. The molecule has 0 saturated heterocycles. The quantitative estimate of drug-likeness (QED) is 0.784. The van der Waals surface area contributed by atoms with E-state index >= 15 is 0 Å². The van der Waals surface area contributed by atoms with E-state index in [4.69, 9.17) is 14.3 Å². The highest BCUT2D eigenvalue weighted by Crippen LogP contribution is 2.27. The highest BCUT2D eigenvalue weighted by Gasteiger charge is 2.23. The molecule has 1 unspecified atom stereocenters. The maximum Gasteiger partial charge on any atom is 0.162 e. The smallest absolute Gasteiger partial charge is 0.162 e. The fraction of sp³-hybridized carbons (Fsp3) is 0.533. The van der Waals surface area contributed by atoms with Crippen LogP contribution in [0, 0.1) is 6.92 Å². The van der Waals surface area contributed by atoms with Gasteiger partial charge in [0.15, 0.2) is 10.8 Å². The zero-order chi connectivity index (χ0) is 15.3. The number of thiazole rings is 1. The van der Waals surface area contributed by atoms with Gasteiger partial charge in [0, 0.05) is 36.9 Å². The molecule has 2 aromatic heterocycles. The summed E-state index contributed by atoms with van der Waals surface area (Å²) < 4.78 is 10.8. The molecule has 0 amide bonds. The molecule has 2 heterocycles. The van der Waals surface area contributed by atoms with Crippen molar-refractivity contribution in [2.75, 3.05) is 20.3 Å². The Kier molecular flexibility index (Phi) is 5.52. The van der Waals surface area contributed by atoms with Crippen LogP contribution < -0.4 is 5.32 Å². The minimum Gasteiger partial charge on any atom is -0.459 e. The molecule has 0 radical (unpaired) electrons. The second kappa shape index (κ2) is 7.17. The van der Waals surface area contributed by atoms with E-state index in [2.05, 4.69) is 10.3 Å². The van der Waals surface area contributed by atoms with E-state index in [1.165, 1.54) is 0 Å². The minimum absolute atomic E-state index is 0.131. The summed E-state index contributed by atoms with van der Waals surface area (Å²) in [5.41, 5.74) is -0.241. The van der Waals surface area contributed by atoms with Crippen molar-refractivity contribution < 1.29 is 14.3 Å². The molecule has 0 spiro atoms. The fourth-order valence-corrected chi connectivity index (χ4v) is 2.94. The number of nitrogens with one attached hydrogen (secondary N) is 1. The largest absolute Gasteiger partial charge is 0.459 e. The van der Waals surface area contributed by atoms with Gasteiger partial charge in [-0.3, -0.25) is 0 Å². The Morgan fingerprint density at radius 3 is 2.90 bits per heavy atom. The molecule has 0 aromatic carbocycles. The zero-order valence-electron chi connectivity index (χ0n) is 12.7. The van der Waals surface area contributed by atoms with Gasteiger partial charge in [-0.15, -0.1) is 11.3 Å². The molecule has 1 atom stereocenters. The highest BCUT2D eigenvalue weighted by atomic mass is 32.1. The number of aryl methyl sites for hydroxylation is 1. The van der Waals surface area contributed by atoms with Crippen LogP contribution in [0.5, 0.6) is 0 Å². The van der Waals surface area contributed by atoms with Crippen LogP contribution in [0.2, 0.25) is 0 Å². The summed E-state index contributed by atoms with van der Waals surface area (Å²) in [5.74, 6) is 1.69. The summed E-state index contributed by atoms with van der Waals surface area (Å²) in [6, 6.07) is 3.87. The highest BCUT2D eigenvalue weighted by molar-refractivity contribution is 7.14. The van der Waals surface area contributed by atoms with Crippen LogP contribution >= 0.6 is 11.3 Å². The summed E-state index contributed by atoms with van der Waals surface area (Å²) in [7, 11) is 1.67. The number of aliphatic hydroxyl groups excluding tert-OH is 1. The van der Waals surface area contributed by atoms with Crippen molar-refractivity contribution in [2.24, 2.45) is 0 Å². The first-order valence-electron chi connectivity index (χ1n) is 6.93. The fourth-order valence-electron chi connectivity index (χ4n) is 2.13. The molecule has 2 N–H and O–H groups in total. The number of hydrogen-bond donors (Lipinski definition) is 2. The third-order valence-corrected chi connectivity index (χ3v) is 4.33. The number of aliphatic hydroxyl groups is 1. The molecule has 2 aromatic rings. The van der Waals surface area contributed by atoms with Crippen molar-refractivity contribution in [3.05, 3.63) is 29.0 Å². The molecule has 2 rings (SSSR count). The Labute approximate surface area is 129 Å². The first kappa shape index (κ1) is 16.2. The van der Waals surface area contributed by atoms with Crippen LogP contribution in [0.25, 0.3) is 10.8 Å². The molecule has 0 aliphatic rings. The lowest BCUT2D eigenvalue weighted by atomic mass is 9.99. The molecular formula is C15H22N2O3S. The first-order chi connectivity index (χ1) is 10.1. The average molecular weight is 310 g/mol. The molecule has 0 saturated carbocycles. The molecule has 21 heavy (non-hydrogen) atoms. The lowest BCUT2D eigenvalue weighted by molar-refractivity contribution is 0.0971. The van der Waals surface area contributed by atoms with E-state index in [-0.39, 0.29) is 12.1 Å². The number of aromatic nitrogens is 1. The lowest BCUT2D eigenvalue weighted by Gasteiger charge is -2.29. The van der Waals surface area contributed by atoms with Crippen LogP contribution in [0.3, 0.4) is 0 Å². The third kappa shape index (κ3) is 4.38. The number of ether oxygens (including phenoxy) is 1. The van der Waals surface area contributed by atoms with Crippen molar-refractivity contribution in [3.8, 4) is 10.8 Å². The zero-order valence-corrected chi connectivity index (χ0v) is 13.5. The van der Waals surface area contributed by atoms with Crippen molar-refractivity contribution in [1.82, 2.24) is 10.3 Å². The van der Waals surface area contributed by atoms with Crippen LogP contribution in [0.15, 0.2) is 22.7 Å². The van der Waals surface area contributed by atoms with E-state index in [0.29, 0.717) is 19.6 Å². The predicted molar refractivity (Wildman–Crippen MR) is 83.4 cm³/mol. The summed E-state index contributed by atoms with van der Waals surface area (Å²) in [5, 5.41) is 13.5. The standard InChI is InChI=1S/C15H22N2O3S/c1-11-4-5-13(20-11)14-16-8-12(21-14)9-17-15(2,6-7-18)10-19-3/h4-5,8,17-18H,6-7,9-10H2,1-3H3.